The smallest absolute Gasteiger partial charge is 0.254 e. The molecule has 0 radical (unpaired) electrons. The Bertz CT molecular complexity index is 761. The Morgan fingerprint density at radius 2 is 1.89 bits per heavy atom. The first-order valence-electron chi connectivity index (χ1n) is 9.36. The fourth-order valence-electron chi connectivity index (χ4n) is 3.51. The lowest BCUT2D eigenvalue weighted by Crippen LogP contribution is -2.29. The van der Waals surface area contributed by atoms with E-state index >= 15 is 0 Å². The summed E-state index contributed by atoms with van der Waals surface area (Å²) in [4.78, 5) is 16.9. The summed E-state index contributed by atoms with van der Waals surface area (Å²) in [6, 6.07) is 5.92. The number of rotatable bonds is 10. The molecule has 0 aliphatic carbocycles. The third-order valence-electron chi connectivity index (χ3n) is 5.04. The van der Waals surface area contributed by atoms with E-state index in [0.29, 0.717) is 18.0 Å². The molecule has 1 aliphatic rings. The van der Waals surface area contributed by atoms with Crippen molar-refractivity contribution < 1.29 is 14.3 Å². The molecule has 3 rings (SSSR count). The highest BCUT2D eigenvalue weighted by Gasteiger charge is 2.29. The minimum atomic E-state index is 0.0889. The second kappa shape index (κ2) is 9.24. The molecule has 0 bridgehead atoms. The van der Waals surface area contributed by atoms with Crippen molar-refractivity contribution in [2.45, 2.75) is 25.8 Å². The van der Waals surface area contributed by atoms with Crippen molar-refractivity contribution in [3.05, 3.63) is 45.6 Å². The van der Waals surface area contributed by atoms with Gasteiger partial charge in [0, 0.05) is 18.7 Å². The Kier molecular flexibility index (Phi) is 6.74. The van der Waals surface area contributed by atoms with Crippen molar-refractivity contribution in [2.24, 2.45) is 0 Å². The summed E-state index contributed by atoms with van der Waals surface area (Å²) < 4.78 is 10.7. The lowest BCUT2D eigenvalue weighted by Gasteiger charge is -2.20. The predicted octanol–water partition coefficient (Wildman–Crippen LogP) is 3.68. The molecule has 1 aromatic carbocycles. The van der Waals surface area contributed by atoms with Gasteiger partial charge in [0.15, 0.2) is 11.5 Å². The maximum absolute atomic E-state index is 12.7. The van der Waals surface area contributed by atoms with Crippen LogP contribution in [0.1, 0.15) is 34.3 Å². The zero-order valence-corrected chi connectivity index (χ0v) is 17.2. The largest absolute Gasteiger partial charge is 0.493 e. The van der Waals surface area contributed by atoms with Gasteiger partial charge in [-0.15, -0.1) is 0 Å². The average molecular weight is 389 g/mol. The molecule has 1 aliphatic heterocycles. The number of benzene rings is 1. The molecule has 0 N–H and O–H groups in total. The first kappa shape index (κ1) is 19.7. The Hall–Kier alpha value is -2.05. The van der Waals surface area contributed by atoms with E-state index in [1.165, 1.54) is 12.0 Å². The molecule has 0 fully saturated rings. The van der Waals surface area contributed by atoms with Crippen molar-refractivity contribution in [3.63, 3.8) is 0 Å². The molecular weight excluding hydrogens is 360 g/mol. The first-order chi connectivity index (χ1) is 13.1. The molecule has 2 heterocycles. The number of carbonyl (C=O) groups is 1. The summed E-state index contributed by atoms with van der Waals surface area (Å²) >= 11 is 1.76. The fraction of sp³-hybridized carbons (Fsp3) is 0.476. The van der Waals surface area contributed by atoms with E-state index in [4.69, 9.17) is 9.47 Å². The molecule has 27 heavy (non-hydrogen) atoms. The number of hydrogen-bond donors (Lipinski definition) is 0. The highest BCUT2D eigenvalue weighted by Crippen LogP contribution is 2.34. The van der Waals surface area contributed by atoms with Gasteiger partial charge in [-0.1, -0.05) is 0 Å². The van der Waals surface area contributed by atoms with Crippen molar-refractivity contribution in [2.75, 3.05) is 40.9 Å². The number of nitrogens with zero attached hydrogens (tertiary/aromatic N) is 2. The molecule has 5 nitrogen and oxygen atoms in total. The van der Waals surface area contributed by atoms with Crippen molar-refractivity contribution in [1.82, 2.24) is 9.80 Å². The monoisotopic (exact) mass is 388 g/mol. The van der Waals surface area contributed by atoms with E-state index in [0.717, 1.165) is 43.6 Å². The number of methoxy groups -OCH3 is 2. The number of fused-ring (bicyclic) bond motifs is 1. The van der Waals surface area contributed by atoms with Crippen molar-refractivity contribution in [3.8, 4) is 11.5 Å². The SMILES string of the molecule is COc1cc2c(cc1OC)C(=O)N(CCCN(C)CCCc1ccsc1)C2. The Balaban J connectivity index is 1.44. The van der Waals surface area contributed by atoms with Gasteiger partial charge in [0.1, 0.15) is 0 Å². The van der Waals surface area contributed by atoms with Crippen LogP contribution in [-0.2, 0) is 13.0 Å². The fourth-order valence-corrected chi connectivity index (χ4v) is 4.21. The molecule has 0 spiro atoms. The van der Waals surface area contributed by atoms with Crippen LogP contribution in [0.25, 0.3) is 0 Å². The van der Waals surface area contributed by atoms with Crippen LogP contribution >= 0.6 is 11.3 Å². The lowest BCUT2D eigenvalue weighted by atomic mass is 10.1. The van der Waals surface area contributed by atoms with E-state index in [1.54, 1.807) is 31.6 Å². The second-order valence-electron chi connectivity index (χ2n) is 6.98. The third kappa shape index (κ3) is 4.82. The number of carbonyl (C=O) groups excluding carboxylic acids is 1. The quantitative estimate of drug-likeness (QED) is 0.623. The molecule has 6 heteroatoms. The van der Waals surface area contributed by atoms with Gasteiger partial charge in [-0.2, -0.15) is 11.3 Å². The summed E-state index contributed by atoms with van der Waals surface area (Å²) in [6.07, 6.45) is 3.28. The predicted molar refractivity (Wildman–Crippen MR) is 109 cm³/mol. The van der Waals surface area contributed by atoms with Crippen LogP contribution in [0, 0.1) is 0 Å². The summed E-state index contributed by atoms with van der Waals surface area (Å²) in [5, 5.41) is 4.36. The second-order valence-corrected chi connectivity index (χ2v) is 7.76. The number of thiophene rings is 1. The van der Waals surface area contributed by atoms with Crippen molar-refractivity contribution in [1.29, 1.82) is 0 Å². The molecule has 2 aromatic rings. The van der Waals surface area contributed by atoms with E-state index in [-0.39, 0.29) is 5.91 Å². The molecular formula is C21H28N2O3S. The molecule has 0 saturated carbocycles. The molecule has 0 saturated heterocycles. The van der Waals surface area contributed by atoms with Gasteiger partial charge < -0.3 is 19.3 Å². The summed E-state index contributed by atoms with van der Waals surface area (Å²) in [5.41, 5.74) is 3.18. The number of hydrogen-bond acceptors (Lipinski definition) is 5. The molecule has 146 valence electrons. The van der Waals surface area contributed by atoms with Crippen LogP contribution < -0.4 is 9.47 Å². The van der Waals surface area contributed by atoms with Crippen molar-refractivity contribution >= 4 is 17.2 Å². The van der Waals surface area contributed by atoms with Gasteiger partial charge in [0.2, 0.25) is 0 Å². The minimum Gasteiger partial charge on any atom is -0.493 e. The molecule has 1 amide bonds. The van der Waals surface area contributed by atoms with Gasteiger partial charge in [0.25, 0.3) is 5.91 Å². The zero-order valence-electron chi connectivity index (χ0n) is 16.4. The topological polar surface area (TPSA) is 42.0 Å². The van der Waals surface area contributed by atoms with E-state index in [1.807, 2.05) is 11.0 Å². The van der Waals surface area contributed by atoms with E-state index < -0.39 is 0 Å². The molecule has 0 unspecified atom stereocenters. The molecule has 0 atom stereocenters. The highest BCUT2D eigenvalue weighted by atomic mass is 32.1. The highest BCUT2D eigenvalue weighted by molar-refractivity contribution is 7.07. The Morgan fingerprint density at radius 1 is 1.15 bits per heavy atom. The van der Waals surface area contributed by atoms with Gasteiger partial charge in [-0.3, -0.25) is 4.79 Å². The maximum atomic E-state index is 12.7. The van der Waals surface area contributed by atoms with Crippen LogP contribution in [0.5, 0.6) is 11.5 Å². The number of aryl methyl sites for hydroxylation is 1. The number of ether oxygens (including phenoxy) is 2. The Morgan fingerprint density at radius 3 is 2.59 bits per heavy atom. The van der Waals surface area contributed by atoms with Crippen LogP contribution in [0.4, 0.5) is 0 Å². The van der Waals surface area contributed by atoms with Gasteiger partial charge in [0.05, 0.1) is 14.2 Å². The third-order valence-corrected chi connectivity index (χ3v) is 5.77. The van der Waals surface area contributed by atoms with Crippen LogP contribution in [0.2, 0.25) is 0 Å². The van der Waals surface area contributed by atoms with Gasteiger partial charge >= 0.3 is 0 Å². The minimum absolute atomic E-state index is 0.0889. The number of amides is 1. The summed E-state index contributed by atoms with van der Waals surface area (Å²) in [6.45, 7) is 3.50. The van der Waals surface area contributed by atoms with Crippen LogP contribution in [-0.4, -0.2) is 56.6 Å². The normalized spacial score (nSPS) is 13.3. The summed E-state index contributed by atoms with van der Waals surface area (Å²) in [7, 11) is 5.37. The average Bonchev–Trinajstić information content (AvgIpc) is 3.29. The van der Waals surface area contributed by atoms with Gasteiger partial charge in [-0.25, -0.2) is 0 Å². The Labute approximate surface area is 165 Å². The lowest BCUT2D eigenvalue weighted by molar-refractivity contribution is 0.0772. The summed E-state index contributed by atoms with van der Waals surface area (Å²) in [5.74, 6) is 1.37. The maximum Gasteiger partial charge on any atom is 0.254 e. The zero-order chi connectivity index (χ0) is 19.2. The van der Waals surface area contributed by atoms with Crippen LogP contribution in [0.3, 0.4) is 0 Å². The van der Waals surface area contributed by atoms with E-state index in [2.05, 4.69) is 28.8 Å². The standard InChI is InChI=1S/C21H28N2O3S/c1-22(8-4-6-16-7-11-27-15-16)9-5-10-23-14-17-12-19(25-2)20(26-3)13-18(17)21(23)24/h7,11-13,15H,4-6,8-10,14H2,1-3H3. The van der Waals surface area contributed by atoms with E-state index in [9.17, 15) is 4.79 Å². The molecule has 1 aromatic heterocycles. The van der Waals surface area contributed by atoms with Crippen LogP contribution in [0.15, 0.2) is 29.0 Å². The van der Waals surface area contributed by atoms with Gasteiger partial charge in [-0.05, 0) is 79.5 Å². The first-order valence-corrected chi connectivity index (χ1v) is 10.3.